The molecule has 1 aliphatic carbocycles. The first-order valence-corrected chi connectivity index (χ1v) is 5.75. The normalized spacial score (nSPS) is 30.9. The molecule has 0 amide bonds. The maximum atomic E-state index is 6.01. The van der Waals surface area contributed by atoms with E-state index in [4.69, 9.17) is 10.5 Å². The standard InChI is InChI=1S/C11H17N3O/c12-11-13-5-6-14(11)7-9-3-4-10(15-9)8-1-2-8/h5-6,8-10H,1-4,7H2,(H2,12,13). The van der Waals surface area contributed by atoms with Crippen LogP contribution in [-0.4, -0.2) is 21.8 Å². The fourth-order valence-electron chi connectivity index (χ4n) is 2.40. The highest BCUT2D eigenvalue weighted by Gasteiger charge is 2.37. The molecule has 2 aliphatic rings. The van der Waals surface area contributed by atoms with Gasteiger partial charge in [0.1, 0.15) is 0 Å². The second kappa shape index (κ2) is 3.52. The van der Waals surface area contributed by atoms with Crippen molar-refractivity contribution >= 4 is 5.95 Å². The first-order valence-electron chi connectivity index (χ1n) is 5.75. The molecule has 4 heteroatoms. The number of nitrogens with two attached hydrogens (primary N) is 1. The van der Waals surface area contributed by atoms with Gasteiger partial charge in [-0.1, -0.05) is 0 Å². The van der Waals surface area contributed by atoms with Crippen LogP contribution < -0.4 is 5.73 Å². The van der Waals surface area contributed by atoms with E-state index < -0.39 is 0 Å². The molecule has 1 aromatic rings. The molecule has 1 saturated heterocycles. The summed E-state index contributed by atoms with van der Waals surface area (Å²) >= 11 is 0. The largest absolute Gasteiger partial charge is 0.373 e. The Morgan fingerprint density at radius 2 is 2.27 bits per heavy atom. The van der Waals surface area contributed by atoms with Crippen molar-refractivity contribution in [3.05, 3.63) is 12.4 Å². The lowest BCUT2D eigenvalue weighted by Gasteiger charge is -2.14. The van der Waals surface area contributed by atoms with E-state index in [1.165, 1.54) is 25.7 Å². The van der Waals surface area contributed by atoms with Gasteiger partial charge in [0.25, 0.3) is 0 Å². The number of ether oxygens (including phenoxy) is 1. The molecule has 0 aromatic carbocycles. The zero-order valence-electron chi connectivity index (χ0n) is 8.80. The van der Waals surface area contributed by atoms with Crippen molar-refractivity contribution in [1.82, 2.24) is 9.55 Å². The fraction of sp³-hybridized carbons (Fsp3) is 0.727. The minimum absolute atomic E-state index is 0.340. The average Bonchev–Trinajstić information content (AvgIpc) is 2.86. The molecule has 2 atom stereocenters. The topological polar surface area (TPSA) is 53.1 Å². The van der Waals surface area contributed by atoms with Gasteiger partial charge in [-0.05, 0) is 31.6 Å². The minimum atomic E-state index is 0.340. The molecular weight excluding hydrogens is 190 g/mol. The molecule has 3 rings (SSSR count). The molecule has 82 valence electrons. The second-order valence-corrected chi connectivity index (χ2v) is 4.65. The van der Waals surface area contributed by atoms with Crippen LogP contribution in [0.1, 0.15) is 25.7 Å². The fourth-order valence-corrected chi connectivity index (χ4v) is 2.40. The molecule has 4 nitrogen and oxygen atoms in total. The lowest BCUT2D eigenvalue weighted by atomic mass is 10.1. The van der Waals surface area contributed by atoms with Crippen molar-refractivity contribution in [3.63, 3.8) is 0 Å². The Morgan fingerprint density at radius 3 is 2.93 bits per heavy atom. The summed E-state index contributed by atoms with van der Waals surface area (Å²) in [5.41, 5.74) is 5.72. The summed E-state index contributed by atoms with van der Waals surface area (Å²) in [5, 5.41) is 0. The van der Waals surface area contributed by atoms with E-state index in [1.807, 2.05) is 10.8 Å². The number of hydrogen-bond donors (Lipinski definition) is 1. The van der Waals surface area contributed by atoms with Gasteiger partial charge in [-0.3, -0.25) is 0 Å². The highest BCUT2D eigenvalue weighted by atomic mass is 16.5. The maximum Gasteiger partial charge on any atom is 0.200 e. The van der Waals surface area contributed by atoms with E-state index in [0.29, 0.717) is 18.2 Å². The molecule has 2 N–H and O–H groups in total. The highest BCUT2D eigenvalue weighted by molar-refractivity contribution is 5.16. The predicted molar refractivity (Wildman–Crippen MR) is 57.3 cm³/mol. The van der Waals surface area contributed by atoms with Gasteiger partial charge in [-0.2, -0.15) is 0 Å². The van der Waals surface area contributed by atoms with Gasteiger partial charge in [0, 0.05) is 12.4 Å². The van der Waals surface area contributed by atoms with Crippen molar-refractivity contribution in [3.8, 4) is 0 Å². The van der Waals surface area contributed by atoms with Crippen LogP contribution in [0.15, 0.2) is 12.4 Å². The lowest BCUT2D eigenvalue weighted by molar-refractivity contribution is 0.0245. The zero-order chi connectivity index (χ0) is 10.3. The number of aromatic nitrogens is 2. The summed E-state index contributed by atoms with van der Waals surface area (Å²) in [5.74, 6) is 1.45. The van der Waals surface area contributed by atoms with Gasteiger partial charge in [-0.25, -0.2) is 4.98 Å². The molecular formula is C11H17N3O. The Hall–Kier alpha value is -1.03. The second-order valence-electron chi connectivity index (χ2n) is 4.65. The molecule has 2 unspecified atom stereocenters. The molecule has 1 aromatic heterocycles. The van der Waals surface area contributed by atoms with Crippen LogP contribution >= 0.6 is 0 Å². The summed E-state index contributed by atoms with van der Waals surface area (Å²) in [6, 6.07) is 0. The van der Waals surface area contributed by atoms with Gasteiger partial charge >= 0.3 is 0 Å². The van der Waals surface area contributed by atoms with E-state index in [9.17, 15) is 0 Å². The lowest BCUT2D eigenvalue weighted by Crippen LogP contribution is -2.19. The Morgan fingerprint density at radius 1 is 1.40 bits per heavy atom. The van der Waals surface area contributed by atoms with E-state index in [1.54, 1.807) is 6.20 Å². The highest BCUT2D eigenvalue weighted by Crippen LogP contribution is 2.40. The Kier molecular flexibility index (Phi) is 2.16. The molecule has 0 bridgehead atoms. The Bertz CT molecular complexity index is 345. The van der Waals surface area contributed by atoms with E-state index >= 15 is 0 Å². The van der Waals surface area contributed by atoms with Crippen molar-refractivity contribution in [2.24, 2.45) is 5.92 Å². The number of nitrogen functional groups attached to an aromatic ring is 1. The van der Waals surface area contributed by atoms with E-state index in [-0.39, 0.29) is 0 Å². The summed E-state index contributed by atoms with van der Waals surface area (Å²) in [4.78, 5) is 4.01. The smallest absolute Gasteiger partial charge is 0.200 e. The van der Waals surface area contributed by atoms with Crippen LogP contribution in [0.5, 0.6) is 0 Å². The maximum absolute atomic E-state index is 6.01. The Balaban J connectivity index is 1.58. The quantitative estimate of drug-likeness (QED) is 0.815. The molecule has 0 spiro atoms. The first kappa shape index (κ1) is 9.21. The van der Waals surface area contributed by atoms with E-state index in [2.05, 4.69) is 4.98 Å². The van der Waals surface area contributed by atoms with Crippen LogP contribution in [0.3, 0.4) is 0 Å². The monoisotopic (exact) mass is 207 g/mol. The zero-order valence-corrected chi connectivity index (χ0v) is 8.80. The van der Waals surface area contributed by atoms with Crippen molar-refractivity contribution in [2.75, 3.05) is 5.73 Å². The van der Waals surface area contributed by atoms with Crippen LogP contribution in [0.25, 0.3) is 0 Å². The number of anilines is 1. The predicted octanol–water partition coefficient (Wildman–Crippen LogP) is 1.42. The summed E-state index contributed by atoms with van der Waals surface area (Å²) < 4.78 is 7.98. The minimum Gasteiger partial charge on any atom is -0.373 e. The van der Waals surface area contributed by atoms with Crippen molar-refractivity contribution in [1.29, 1.82) is 0 Å². The summed E-state index contributed by atoms with van der Waals surface area (Å²) in [7, 11) is 0. The third kappa shape index (κ3) is 1.86. The third-order valence-corrected chi connectivity index (χ3v) is 3.44. The molecule has 2 heterocycles. The van der Waals surface area contributed by atoms with Gasteiger partial charge in [0.05, 0.1) is 18.8 Å². The first-order chi connectivity index (χ1) is 7.33. The SMILES string of the molecule is Nc1nccn1CC1CCC(C2CC2)O1. The molecule has 2 fully saturated rings. The average molecular weight is 207 g/mol. The van der Waals surface area contributed by atoms with Gasteiger partial charge in [-0.15, -0.1) is 0 Å². The number of imidazole rings is 1. The van der Waals surface area contributed by atoms with Crippen LogP contribution in [0.2, 0.25) is 0 Å². The Labute approximate surface area is 89.4 Å². The van der Waals surface area contributed by atoms with Gasteiger partial charge in [0.15, 0.2) is 5.95 Å². The van der Waals surface area contributed by atoms with Crippen LogP contribution in [0.4, 0.5) is 5.95 Å². The van der Waals surface area contributed by atoms with Crippen LogP contribution in [0, 0.1) is 5.92 Å². The van der Waals surface area contributed by atoms with Crippen LogP contribution in [-0.2, 0) is 11.3 Å². The third-order valence-electron chi connectivity index (χ3n) is 3.44. The molecule has 0 radical (unpaired) electrons. The van der Waals surface area contributed by atoms with Crippen molar-refractivity contribution in [2.45, 2.75) is 44.4 Å². The van der Waals surface area contributed by atoms with Crippen molar-refractivity contribution < 1.29 is 4.74 Å². The number of hydrogen-bond acceptors (Lipinski definition) is 3. The molecule has 15 heavy (non-hydrogen) atoms. The number of nitrogens with zero attached hydrogens (tertiary/aromatic N) is 2. The molecule has 1 aliphatic heterocycles. The number of rotatable bonds is 3. The summed E-state index contributed by atoms with van der Waals surface area (Å²) in [6.45, 7) is 0.856. The molecule has 1 saturated carbocycles. The van der Waals surface area contributed by atoms with E-state index in [0.717, 1.165) is 12.5 Å². The van der Waals surface area contributed by atoms with Gasteiger partial charge < -0.3 is 15.0 Å². The summed E-state index contributed by atoms with van der Waals surface area (Å²) in [6.07, 6.45) is 9.65. The van der Waals surface area contributed by atoms with Gasteiger partial charge in [0.2, 0.25) is 0 Å².